The minimum Gasteiger partial charge on any atom is -0.322 e. The van der Waals surface area contributed by atoms with Gasteiger partial charge in [0.15, 0.2) is 0 Å². The first kappa shape index (κ1) is 19.3. The molecular weight excluding hydrogens is 382 g/mol. The van der Waals surface area contributed by atoms with Gasteiger partial charge in [0.25, 0.3) is 17.2 Å². The topological polar surface area (TPSA) is 94.2 Å². The molecule has 0 saturated heterocycles. The molecule has 1 amide bonds. The van der Waals surface area contributed by atoms with Crippen molar-refractivity contribution >= 4 is 28.9 Å². The van der Waals surface area contributed by atoms with Gasteiger partial charge in [-0.25, -0.2) is 0 Å². The van der Waals surface area contributed by atoms with Crippen LogP contribution in [-0.4, -0.2) is 15.4 Å². The van der Waals surface area contributed by atoms with Crippen molar-refractivity contribution < 1.29 is 9.72 Å². The summed E-state index contributed by atoms with van der Waals surface area (Å²) in [5.41, 5.74) is 2.04. The van der Waals surface area contributed by atoms with Crippen molar-refractivity contribution in [2.75, 3.05) is 5.32 Å². The van der Waals surface area contributed by atoms with Crippen molar-refractivity contribution in [3.8, 4) is 0 Å². The Hall–Kier alpha value is -3.45. The second-order valence-corrected chi connectivity index (χ2v) is 6.58. The normalized spacial score (nSPS) is 10.5. The lowest BCUT2D eigenvalue weighted by molar-refractivity contribution is -0.384. The number of aromatic nitrogens is 1. The highest BCUT2D eigenvalue weighted by atomic mass is 35.5. The molecule has 0 aliphatic carbocycles. The number of hydrogen-bond donors (Lipinski definition) is 1. The summed E-state index contributed by atoms with van der Waals surface area (Å²) in [6, 6.07) is 13.9. The predicted octanol–water partition coefficient (Wildman–Crippen LogP) is 4.02. The average Bonchev–Trinajstić information content (AvgIpc) is 2.67. The van der Waals surface area contributed by atoms with Crippen LogP contribution in [0.1, 0.15) is 21.5 Å². The second kappa shape index (κ2) is 8.06. The highest BCUT2D eigenvalue weighted by Crippen LogP contribution is 2.23. The fraction of sp³-hybridized carbons (Fsp3) is 0.100. The first-order chi connectivity index (χ1) is 13.3. The molecule has 28 heavy (non-hydrogen) atoms. The van der Waals surface area contributed by atoms with Crippen molar-refractivity contribution in [2.45, 2.75) is 13.5 Å². The van der Waals surface area contributed by atoms with E-state index in [1.807, 2.05) is 0 Å². The van der Waals surface area contributed by atoms with Crippen LogP contribution in [0.15, 0.2) is 65.6 Å². The van der Waals surface area contributed by atoms with E-state index in [4.69, 9.17) is 11.6 Å². The summed E-state index contributed by atoms with van der Waals surface area (Å²) in [7, 11) is 0. The Morgan fingerprint density at radius 2 is 1.86 bits per heavy atom. The second-order valence-electron chi connectivity index (χ2n) is 6.17. The Bertz CT molecular complexity index is 1110. The quantitative estimate of drug-likeness (QED) is 0.519. The summed E-state index contributed by atoms with van der Waals surface area (Å²) >= 11 is 6.07. The first-order valence-electron chi connectivity index (χ1n) is 8.35. The van der Waals surface area contributed by atoms with Crippen LogP contribution >= 0.6 is 11.6 Å². The molecule has 0 aliphatic heterocycles. The number of anilines is 1. The summed E-state index contributed by atoms with van der Waals surface area (Å²) in [5.74, 6) is -0.372. The lowest BCUT2D eigenvalue weighted by Gasteiger charge is -2.11. The van der Waals surface area contributed by atoms with Gasteiger partial charge in [-0.05, 0) is 36.2 Å². The number of rotatable bonds is 5. The molecule has 142 valence electrons. The van der Waals surface area contributed by atoms with E-state index in [0.29, 0.717) is 21.8 Å². The number of carbonyl (C=O) groups excluding carboxylic acids is 1. The third-order valence-electron chi connectivity index (χ3n) is 4.26. The summed E-state index contributed by atoms with van der Waals surface area (Å²) < 4.78 is 1.38. The lowest BCUT2D eigenvalue weighted by Crippen LogP contribution is -2.22. The van der Waals surface area contributed by atoms with E-state index in [2.05, 4.69) is 5.32 Å². The number of nitrogens with one attached hydrogen (secondary N) is 1. The first-order valence-corrected chi connectivity index (χ1v) is 8.73. The number of benzene rings is 2. The number of pyridine rings is 1. The molecule has 3 aromatic rings. The van der Waals surface area contributed by atoms with E-state index in [0.717, 1.165) is 5.56 Å². The van der Waals surface area contributed by atoms with Gasteiger partial charge in [-0.2, -0.15) is 0 Å². The van der Waals surface area contributed by atoms with Crippen LogP contribution in [0.3, 0.4) is 0 Å². The molecule has 0 aliphatic rings. The van der Waals surface area contributed by atoms with Gasteiger partial charge in [0.05, 0.1) is 17.0 Å². The Kier molecular flexibility index (Phi) is 5.56. The Labute approximate surface area is 165 Å². The van der Waals surface area contributed by atoms with Crippen molar-refractivity contribution in [3.05, 3.63) is 103 Å². The van der Waals surface area contributed by atoms with Crippen LogP contribution in [0.2, 0.25) is 5.02 Å². The number of halogens is 1. The minimum atomic E-state index is -0.487. The number of nitro benzene ring substituents is 1. The van der Waals surface area contributed by atoms with Gasteiger partial charge < -0.3 is 9.88 Å². The zero-order valence-corrected chi connectivity index (χ0v) is 15.6. The van der Waals surface area contributed by atoms with E-state index in [1.54, 1.807) is 37.3 Å². The molecule has 0 atom stereocenters. The zero-order chi connectivity index (χ0) is 20.3. The summed E-state index contributed by atoms with van der Waals surface area (Å²) in [4.78, 5) is 35.0. The van der Waals surface area contributed by atoms with Crippen molar-refractivity contribution in [3.63, 3.8) is 0 Å². The van der Waals surface area contributed by atoms with Crippen LogP contribution in [-0.2, 0) is 6.54 Å². The number of nitro groups is 1. The number of non-ortho nitro benzene ring substituents is 1. The number of nitrogens with zero attached hydrogens (tertiary/aromatic N) is 2. The smallest absolute Gasteiger partial charge is 0.269 e. The third kappa shape index (κ3) is 4.27. The van der Waals surface area contributed by atoms with Crippen LogP contribution in [0.4, 0.5) is 11.4 Å². The number of amides is 1. The van der Waals surface area contributed by atoms with E-state index >= 15 is 0 Å². The van der Waals surface area contributed by atoms with Crippen LogP contribution in [0.5, 0.6) is 0 Å². The molecule has 0 unspecified atom stereocenters. The molecule has 0 bridgehead atoms. The number of hydrogen-bond acceptors (Lipinski definition) is 4. The fourth-order valence-corrected chi connectivity index (χ4v) is 2.82. The van der Waals surface area contributed by atoms with E-state index in [9.17, 15) is 19.7 Å². The van der Waals surface area contributed by atoms with Gasteiger partial charge >= 0.3 is 0 Å². The van der Waals surface area contributed by atoms with Crippen molar-refractivity contribution in [2.24, 2.45) is 0 Å². The largest absolute Gasteiger partial charge is 0.322 e. The summed E-state index contributed by atoms with van der Waals surface area (Å²) in [5, 5.41) is 14.1. The van der Waals surface area contributed by atoms with E-state index < -0.39 is 4.92 Å². The van der Waals surface area contributed by atoms with Gasteiger partial charge in [-0.15, -0.1) is 0 Å². The van der Waals surface area contributed by atoms with Gasteiger partial charge in [-0.1, -0.05) is 29.8 Å². The molecule has 0 radical (unpaired) electrons. The van der Waals surface area contributed by atoms with E-state index in [-0.39, 0.29) is 23.7 Å². The monoisotopic (exact) mass is 397 g/mol. The average molecular weight is 398 g/mol. The molecule has 7 nitrogen and oxygen atoms in total. The molecule has 1 N–H and O–H groups in total. The molecule has 2 aromatic carbocycles. The van der Waals surface area contributed by atoms with Crippen molar-refractivity contribution in [1.29, 1.82) is 0 Å². The summed E-state index contributed by atoms with van der Waals surface area (Å²) in [6.45, 7) is 1.99. The molecule has 8 heteroatoms. The maximum Gasteiger partial charge on any atom is 0.269 e. The zero-order valence-electron chi connectivity index (χ0n) is 14.9. The molecular formula is C20H16ClN3O4. The highest BCUT2D eigenvalue weighted by Gasteiger charge is 2.11. The molecule has 0 fully saturated rings. The molecule has 0 spiro atoms. The number of carbonyl (C=O) groups is 1. The van der Waals surface area contributed by atoms with Gasteiger partial charge in [0, 0.05) is 35.1 Å². The van der Waals surface area contributed by atoms with Gasteiger partial charge in [-0.3, -0.25) is 19.7 Å². The maximum absolute atomic E-state index is 12.6. The minimum absolute atomic E-state index is 0.0267. The maximum atomic E-state index is 12.6. The molecule has 1 heterocycles. The van der Waals surface area contributed by atoms with Crippen LogP contribution < -0.4 is 10.9 Å². The van der Waals surface area contributed by atoms with Crippen molar-refractivity contribution in [1.82, 2.24) is 4.57 Å². The third-order valence-corrected chi connectivity index (χ3v) is 4.67. The Balaban J connectivity index is 1.82. The fourth-order valence-electron chi connectivity index (χ4n) is 2.65. The molecule has 0 saturated carbocycles. The van der Waals surface area contributed by atoms with Crippen LogP contribution in [0, 0.1) is 17.0 Å². The van der Waals surface area contributed by atoms with Crippen LogP contribution in [0.25, 0.3) is 0 Å². The highest BCUT2D eigenvalue weighted by molar-refractivity contribution is 6.31. The standard InChI is InChI=1S/C20H16ClN3O4/c1-13-17(21)3-2-4-18(13)22-20(26)15-7-10-19(25)23(12-15)11-14-5-8-16(9-6-14)24(27)28/h2-10,12H,11H2,1H3,(H,22,26). The molecule has 3 rings (SSSR count). The predicted molar refractivity (Wildman–Crippen MR) is 107 cm³/mol. The van der Waals surface area contributed by atoms with Gasteiger partial charge in [0.2, 0.25) is 0 Å². The lowest BCUT2D eigenvalue weighted by atomic mass is 10.1. The summed E-state index contributed by atoms with van der Waals surface area (Å²) in [6.07, 6.45) is 1.46. The Morgan fingerprint density at radius 1 is 1.14 bits per heavy atom. The van der Waals surface area contributed by atoms with E-state index in [1.165, 1.54) is 35.0 Å². The Morgan fingerprint density at radius 3 is 2.54 bits per heavy atom. The SMILES string of the molecule is Cc1c(Cl)cccc1NC(=O)c1ccc(=O)n(Cc2ccc([N+](=O)[O-])cc2)c1. The van der Waals surface area contributed by atoms with Gasteiger partial charge in [0.1, 0.15) is 0 Å². The molecule has 1 aromatic heterocycles.